The molecule has 1 atom stereocenters. The molecule has 1 aromatic carbocycles. The van der Waals surface area contributed by atoms with Crippen LogP contribution in [-0.4, -0.2) is 30.7 Å². The molecule has 0 bridgehead atoms. The van der Waals surface area contributed by atoms with Gasteiger partial charge in [-0.2, -0.15) is 0 Å². The quantitative estimate of drug-likeness (QED) is 0.643. The van der Waals surface area contributed by atoms with E-state index < -0.39 is 0 Å². The molecule has 1 unspecified atom stereocenters. The van der Waals surface area contributed by atoms with Crippen LogP contribution in [0.4, 0.5) is 5.82 Å². The molecular formula is C22H25N3O2S. The Kier molecular flexibility index (Phi) is 4.38. The zero-order valence-corrected chi connectivity index (χ0v) is 17.4. The van der Waals surface area contributed by atoms with Gasteiger partial charge in [-0.25, -0.2) is 9.97 Å². The number of anilines is 1. The highest BCUT2D eigenvalue weighted by atomic mass is 32.1. The highest BCUT2D eigenvalue weighted by molar-refractivity contribution is 7.19. The van der Waals surface area contributed by atoms with E-state index >= 15 is 0 Å². The monoisotopic (exact) mass is 395 g/mol. The van der Waals surface area contributed by atoms with Gasteiger partial charge in [0.15, 0.2) is 11.5 Å². The number of ether oxygens (including phenoxy) is 2. The minimum atomic E-state index is 0.223. The van der Waals surface area contributed by atoms with Crippen molar-refractivity contribution in [2.45, 2.75) is 45.1 Å². The molecule has 3 heterocycles. The van der Waals surface area contributed by atoms with Crippen LogP contribution in [0.3, 0.4) is 0 Å². The van der Waals surface area contributed by atoms with Gasteiger partial charge >= 0.3 is 0 Å². The summed E-state index contributed by atoms with van der Waals surface area (Å²) in [5, 5.41) is 1.29. The summed E-state index contributed by atoms with van der Waals surface area (Å²) in [5.41, 5.74) is 4.12. The van der Waals surface area contributed by atoms with Gasteiger partial charge in [0.2, 0.25) is 0 Å². The summed E-state index contributed by atoms with van der Waals surface area (Å²) in [6, 6.07) is 4.48. The fourth-order valence-electron chi connectivity index (χ4n) is 4.73. The number of fused-ring (bicyclic) bond motifs is 4. The zero-order chi connectivity index (χ0) is 19.3. The van der Waals surface area contributed by atoms with Crippen LogP contribution >= 0.6 is 11.3 Å². The molecule has 5 rings (SSSR count). The molecule has 28 heavy (non-hydrogen) atoms. The van der Waals surface area contributed by atoms with E-state index in [1.165, 1.54) is 46.2 Å². The van der Waals surface area contributed by atoms with E-state index in [0.29, 0.717) is 0 Å². The summed E-state index contributed by atoms with van der Waals surface area (Å²) in [4.78, 5) is 14.5. The first-order chi connectivity index (χ1) is 13.7. The van der Waals surface area contributed by atoms with Crippen LogP contribution in [0.25, 0.3) is 10.2 Å². The average molecular weight is 396 g/mol. The molecule has 5 nitrogen and oxygen atoms in total. The molecular weight excluding hydrogens is 370 g/mol. The number of methoxy groups -OCH3 is 2. The lowest BCUT2D eigenvalue weighted by molar-refractivity contribution is 0.353. The SMILES string of the molecule is COc1cc2c(cc1OC)C(C)N(c1ncnc3sc4c(c13)CCCC4)CC2. The maximum atomic E-state index is 5.56. The fourth-order valence-corrected chi connectivity index (χ4v) is 5.95. The second-order valence-corrected chi connectivity index (χ2v) is 8.70. The van der Waals surface area contributed by atoms with Gasteiger partial charge in [0.25, 0.3) is 0 Å². The number of benzene rings is 1. The van der Waals surface area contributed by atoms with Crippen LogP contribution in [0.2, 0.25) is 0 Å². The number of thiophene rings is 1. The maximum absolute atomic E-state index is 5.56. The van der Waals surface area contributed by atoms with E-state index in [1.807, 2.05) is 11.3 Å². The summed E-state index contributed by atoms with van der Waals surface area (Å²) in [5.74, 6) is 2.69. The summed E-state index contributed by atoms with van der Waals surface area (Å²) in [6.45, 7) is 3.21. The molecule has 0 N–H and O–H groups in total. The van der Waals surface area contributed by atoms with Crippen molar-refractivity contribution < 1.29 is 9.47 Å². The number of aryl methyl sites for hydroxylation is 2. The second kappa shape index (κ2) is 6.92. The van der Waals surface area contributed by atoms with Gasteiger partial charge in [0.1, 0.15) is 17.0 Å². The number of hydrogen-bond donors (Lipinski definition) is 0. The molecule has 0 radical (unpaired) electrons. The first kappa shape index (κ1) is 17.7. The molecule has 1 aliphatic carbocycles. The van der Waals surface area contributed by atoms with Gasteiger partial charge in [0, 0.05) is 11.4 Å². The number of nitrogens with zero attached hydrogens (tertiary/aromatic N) is 3. The molecule has 2 aromatic heterocycles. The van der Waals surface area contributed by atoms with E-state index in [4.69, 9.17) is 14.5 Å². The molecule has 6 heteroatoms. The van der Waals surface area contributed by atoms with Crippen LogP contribution in [0, 0.1) is 0 Å². The fraction of sp³-hybridized carbons (Fsp3) is 0.455. The van der Waals surface area contributed by atoms with Crippen molar-refractivity contribution in [2.24, 2.45) is 0 Å². The number of hydrogen-bond acceptors (Lipinski definition) is 6. The van der Waals surface area contributed by atoms with Crippen LogP contribution in [-0.2, 0) is 19.3 Å². The lowest BCUT2D eigenvalue weighted by Crippen LogP contribution is -2.34. The minimum absolute atomic E-state index is 0.223. The Hall–Kier alpha value is -2.34. The van der Waals surface area contributed by atoms with Gasteiger partial charge in [-0.1, -0.05) is 0 Å². The molecule has 2 aliphatic rings. The van der Waals surface area contributed by atoms with E-state index in [0.717, 1.165) is 41.5 Å². The summed E-state index contributed by atoms with van der Waals surface area (Å²) in [7, 11) is 3.39. The summed E-state index contributed by atoms with van der Waals surface area (Å²) >= 11 is 1.86. The van der Waals surface area contributed by atoms with Crippen molar-refractivity contribution >= 4 is 27.4 Å². The predicted molar refractivity (Wildman–Crippen MR) is 113 cm³/mol. The third-order valence-corrected chi connectivity index (χ3v) is 7.39. The van der Waals surface area contributed by atoms with Crippen LogP contribution in [0.1, 0.15) is 47.4 Å². The average Bonchev–Trinajstić information content (AvgIpc) is 3.12. The van der Waals surface area contributed by atoms with Crippen molar-refractivity contribution in [3.05, 3.63) is 40.0 Å². The molecule has 146 valence electrons. The van der Waals surface area contributed by atoms with E-state index in [-0.39, 0.29) is 6.04 Å². The van der Waals surface area contributed by atoms with Crippen LogP contribution in [0.15, 0.2) is 18.5 Å². The van der Waals surface area contributed by atoms with E-state index in [9.17, 15) is 0 Å². The van der Waals surface area contributed by atoms with Crippen molar-refractivity contribution in [1.82, 2.24) is 9.97 Å². The third-order valence-electron chi connectivity index (χ3n) is 6.19. The first-order valence-corrected chi connectivity index (χ1v) is 10.8. The Morgan fingerprint density at radius 1 is 1.04 bits per heavy atom. The molecule has 0 saturated carbocycles. The standard InChI is InChI=1S/C22H25N3O2S/c1-13-16-11-18(27-3)17(26-2)10-14(16)8-9-25(13)21-20-15-6-4-5-7-19(15)28-22(20)24-12-23-21/h10-13H,4-9H2,1-3H3. The minimum Gasteiger partial charge on any atom is -0.493 e. The van der Waals surface area contributed by atoms with Crippen molar-refractivity contribution in [3.8, 4) is 11.5 Å². The highest BCUT2D eigenvalue weighted by Crippen LogP contribution is 2.44. The van der Waals surface area contributed by atoms with Crippen molar-refractivity contribution in [3.63, 3.8) is 0 Å². The van der Waals surface area contributed by atoms with Gasteiger partial charge < -0.3 is 14.4 Å². The van der Waals surface area contributed by atoms with Crippen LogP contribution in [0.5, 0.6) is 11.5 Å². The van der Waals surface area contributed by atoms with Gasteiger partial charge in [0.05, 0.1) is 25.6 Å². The number of rotatable bonds is 3. The normalized spacial score (nSPS) is 18.7. The third kappa shape index (κ3) is 2.65. The Labute approximate surface area is 169 Å². The molecule has 3 aromatic rings. The largest absolute Gasteiger partial charge is 0.493 e. The first-order valence-electron chi connectivity index (χ1n) is 9.98. The van der Waals surface area contributed by atoms with Gasteiger partial charge in [-0.05, 0) is 67.9 Å². The topological polar surface area (TPSA) is 47.5 Å². The molecule has 0 fully saturated rings. The lowest BCUT2D eigenvalue weighted by atomic mass is 9.92. The van der Waals surface area contributed by atoms with E-state index in [1.54, 1.807) is 20.5 Å². The lowest BCUT2D eigenvalue weighted by Gasteiger charge is -2.37. The van der Waals surface area contributed by atoms with Gasteiger partial charge in [-0.15, -0.1) is 11.3 Å². The summed E-state index contributed by atoms with van der Waals surface area (Å²) < 4.78 is 11.1. The second-order valence-electron chi connectivity index (χ2n) is 7.61. The Bertz CT molecular complexity index is 1050. The smallest absolute Gasteiger partial charge is 0.161 e. The van der Waals surface area contributed by atoms with Gasteiger partial charge in [-0.3, -0.25) is 0 Å². The Balaban J connectivity index is 1.61. The predicted octanol–water partition coefficient (Wildman–Crippen LogP) is 4.71. The summed E-state index contributed by atoms with van der Waals surface area (Å²) in [6.07, 6.45) is 7.60. The Morgan fingerprint density at radius 3 is 2.64 bits per heavy atom. The number of aromatic nitrogens is 2. The molecule has 0 amide bonds. The highest BCUT2D eigenvalue weighted by Gasteiger charge is 2.30. The van der Waals surface area contributed by atoms with Crippen molar-refractivity contribution in [1.29, 1.82) is 0 Å². The van der Waals surface area contributed by atoms with Crippen LogP contribution < -0.4 is 14.4 Å². The maximum Gasteiger partial charge on any atom is 0.161 e. The molecule has 0 spiro atoms. The Morgan fingerprint density at radius 2 is 1.82 bits per heavy atom. The van der Waals surface area contributed by atoms with E-state index in [2.05, 4.69) is 28.9 Å². The van der Waals surface area contributed by atoms with Crippen molar-refractivity contribution in [2.75, 3.05) is 25.7 Å². The molecule has 1 aliphatic heterocycles. The zero-order valence-electron chi connectivity index (χ0n) is 16.6. The molecule has 0 saturated heterocycles.